The van der Waals surface area contributed by atoms with Gasteiger partial charge in [-0.05, 0) is 60.9 Å². The van der Waals surface area contributed by atoms with Crippen LogP contribution in [0.2, 0.25) is 0 Å². The highest BCUT2D eigenvalue weighted by atomic mass is 16.5. The summed E-state index contributed by atoms with van der Waals surface area (Å²) in [6, 6.07) is 13.6. The van der Waals surface area contributed by atoms with Gasteiger partial charge in [-0.3, -0.25) is 19.7 Å². The monoisotopic (exact) mass is 490 g/mol. The zero-order valence-electron chi connectivity index (χ0n) is 21.1. The van der Waals surface area contributed by atoms with Crippen LogP contribution in [0.15, 0.2) is 61.1 Å². The fourth-order valence-corrected chi connectivity index (χ4v) is 4.57. The van der Waals surface area contributed by atoms with E-state index in [1.54, 1.807) is 32.8 Å². The van der Waals surface area contributed by atoms with E-state index < -0.39 is 0 Å². The highest BCUT2D eigenvalue weighted by Crippen LogP contribution is 2.28. The normalized spacial score (nSPS) is 17.9. The van der Waals surface area contributed by atoms with Gasteiger partial charge < -0.3 is 19.5 Å². The van der Waals surface area contributed by atoms with Crippen molar-refractivity contribution >= 4 is 5.91 Å². The van der Waals surface area contributed by atoms with Crippen LogP contribution < -0.4 is 19.5 Å². The van der Waals surface area contributed by atoms with Crippen LogP contribution in [0, 0.1) is 18.8 Å². The number of methoxy groups -OCH3 is 2. The minimum absolute atomic E-state index is 0.0474. The fraction of sp³-hybridized carbons (Fsp3) is 0.393. The van der Waals surface area contributed by atoms with E-state index in [4.69, 9.17) is 14.2 Å². The van der Waals surface area contributed by atoms with Crippen LogP contribution >= 0.6 is 0 Å². The third-order valence-electron chi connectivity index (χ3n) is 6.42. The molecule has 1 aliphatic rings. The van der Waals surface area contributed by atoms with Gasteiger partial charge in [0.2, 0.25) is 5.91 Å². The molecule has 1 aromatic carbocycles. The highest BCUT2D eigenvalue weighted by molar-refractivity contribution is 5.79. The molecule has 2 aromatic heterocycles. The van der Waals surface area contributed by atoms with Gasteiger partial charge >= 0.3 is 0 Å². The number of hydrogen-bond acceptors (Lipinski definition) is 7. The van der Waals surface area contributed by atoms with Crippen LogP contribution in [0.4, 0.5) is 0 Å². The van der Waals surface area contributed by atoms with E-state index >= 15 is 0 Å². The number of nitrogens with zero attached hydrogens (tertiary/aromatic N) is 3. The highest BCUT2D eigenvalue weighted by Gasteiger charge is 2.32. The molecule has 2 atom stereocenters. The van der Waals surface area contributed by atoms with Crippen LogP contribution in [0.3, 0.4) is 0 Å². The van der Waals surface area contributed by atoms with Crippen molar-refractivity contribution in [3.63, 3.8) is 0 Å². The first kappa shape index (κ1) is 25.4. The SMILES string of the molecule is COc1ccc(CNC(=O)[C@@H]2C[C@H](COc3ccc(C)nc3)CN(Cc3ccncc3)C2)cc1OC. The van der Waals surface area contributed by atoms with Crippen molar-refractivity contribution in [2.45, 2.75) is 26.4 Å². The van der Waals surface area contributed by atoms with E-state index in [-0.39, 0.29) is 17.7 Å². The lowest BCUT2D eigenvalue weighted by atomic mass is 9.88. The van der Waals surface area contributed by atoms with E-state index in [2.05, 4.69) is 20.2 Å². The number of aromatic nitrogens is 2. The molecule has 4 rings (SSSR count). The smallest absolute Gasteiger partial charge is 0.224 e. The zero-order chi connectivity index (χ0) is 25.3. The summed E-state index contributed by atoms with van der Waals surface area (Å²) in [6.45, 7) is 5.24. The second kappa shape index (κ2) is 12.4. The third kappa shape index (κ3) is 6.95. The van der Waals surface area contributed by atoms with Gasteiger partial charge in [0.05, 0.1) is 32.9 Å². The minimum Gasteiger partial charge on any atom is -0.493 e. The Morgan fingerprint density at radius 1 is 1.03 bits per heavy atom. The van der Waals surface area contributed by atoms with Crippen molar-refractivity contribution in [3.05, 3.63) is 77.9 Å². The predicted octanol–water partition coefficient (Wildman–Crippen LogP) is 3.64. The Hall–Kier alpha value is -3.65. The lowest BCUT2D eigenvalue weighted by Crippen LogP contribution is -2.47. The lowest BCUT2D eigenvalue weighted by molar-refractivity contribution is -0.128. The first-order valence-corrected chi connectivity index (χ1v) is 12.2. The van der Waals surface area contributed by atoms with Gasteiger partial charge in [0.25, 0.3) is 0 Å². The quantitative estimate of drug-likeness (QED) is 0.464. The summed E-state index contributed by atoms with van der Waals surface area (Å²) in [4.78, 5) is 24.0. The Balaban J connectivity index is 1.40. The van der Waals surface area contributed by atoms with Crippen LogP contribution in [-0.2, 0) is 17.9 Å². The molecule has 36 heavy (non-hydrogen) atoms. The molecular weight excluding hydrogens is 456 g/mol. The maximum atomic E-state index is 13.2. The number of likely N-dealkylation sites (tertiary alicyclic amines) is 1. The van der Waals surface area contributed by atoms with Crippen LogP contribution in [0.25, 0.3) is 0 Å². The maximum absolute atomic E-state index is 13.2. The minimum atomic E-state index is -0.134. The lowest BCUT2D eigenvalue weighted by Gasteiger charge is -2.37. The number of nitrogens with one attached hydrogen (secondary N) is 1. The molecule has 0 bridgehead atoms. The summed E-state index contributed by atoms with van der Waals surface area (Å²) >= 11 is 0. The van der Waals surface area contributed by atoms with Crippen LogP contribution in [0.1, 0.15) is 23.2 Å². The maximum Gasteiger partial charge on any atom is 0.224 e. The third-order valence-corrected chi connectivity index (χ3v) is 6.42. The summed E-state index contributed by atoms with van der Waals surface area (Å²) in [6.07, 6.45) is 6.12. The number of rotatable bonds is 10. The molecular formula is C28H34N4O4. The number of amides is 1. The molecule has 190 valence electrons. The van der Waals surface area contributed by atoms with Crippen molar-refractivity contribution in [1.29, 1.82) is 0 Å². The number of carbonyl (C=O) groups excluding carboxylic acids is 1. The number of hydrogen-bond donors (Lipinski definition) is 1. The summed E-state index contributed by atoms with van der Waals surface area (Å²) in [5, 5.41) is 3.12. The van der Waals surface area contributed by atoms with Crippen molar-refractivity contribution in [2.75, 3.05) is 33.9 Å². The molecule has 0 unspecified atom stereocenters. The molecule has 1 aliphatic heterocycles. The van der Waals surface area contributed by atoms with Gasteiger partial charge in [-0.15, -0.1) is 0 Å². The second-order valence-electron chi connectivity index (χ2n) is 9.20. The first-order chi connectivity index (χ1) is 17.5. The number of pyridine rings is 2. The largest absolute Gasteiger partial charge is 0.493 e. The second-order valence-corrected chi connectivity index (χ2v) is 9.20. The van der Waals surface area contributed by atoms with Gasteiger partial charge in [0, 0.05) is 50.2 Å². The number of carbonyl (C=O) groups is 1. The van der Waals surface area contributed by atoms with E-state index in [1.165, 1.54) is 5.56 Å². The molecule has 0 aliphatic carbocycles. The van der Waals surface area contributed by atoms with E-state index in [9.17, 15) is 4.79 Å². The van der Waals surface area contributed by atoms with Crippen molar-refractivity contribution in [3.8, 4) is 17.2 Å². The Kier molecular flexibility index (Phi) is 8.73. The summed E-state index contributed by atoms with van der Waals surface area (Å²) < 4.78 is 16.7. The Bertz CT molecular complexity index is 1120. The Labute approximate surface area is 212 Å². The van der Waals surface area contributed by atoms with Gasteiger partial charge in [-0.2, -0.15) is 0 Å². The zero-order valence-corrected chi connectivity index (χ0v) is 21.1. The predicted molar refractivity (Wildman–Crippen MR) is 137 cm³/mol. The number of aryl methyl sites for hydroxylation is 1. The molecule has 1 N–H and O–H groups in total. The average Bonchev–Trinajstić information content (AvgIpc) is 2.91. The Morgan fingerprint density at radius 3 is 2.56 bits per heavy atom. The molecule has 0 spiro atoms. The molecule has 8 heteroatoms. The number of benzene rings is 1. The molecule has 1 saturated heterocycles. The molecule has 3 heterocycles. The van der Waals surface area contributed by atoms with Gasteiger partial charge in [-0.1, -0.05) is 6.07 Å². The van der Waals surface area contributed by atoms with Crippen molar-refractivity contribution in [1.82, 2.24) is 20.2 Å². The van der Waals surface area contributed by atoms with Gasteiger partial charge in [0.1, 0.15) is 5.75 Å². The first-order valence-electron chi connectivity index (χ1n) is 12.2. The molecule has 3 aromatic rings. The molecule has 1 fully saturated rings. The topological polar surface area (TPSA) is 85.8 Å². The molecule has 0 saturated carbocycles. The molecule has 1 amide bonds. The average molecular weight is 491 g/mol. The summed E-state index contributed by atoms with van der Waals surface area (Å²) in [5.74, 6) is 2.20. The molecule has 8 nitrogen and oxygen atoms in total. The van der Waals surface area contributed by atoms with E-state index in [0.717, 1.165) is 36.5 Å². The summed E-state index contributed by atoms with van der Waals surface area (Å²) in [7, 11) is 3.21. The number of ether oxygens (including phenoxy) is 3. The van der Waals surface area contributed by atoms with Crippen molar-refractivity contribution < 1.29 is 19.0 Å². The van der Waals surface area contributed by atoms with Gasteiger partial charge in [-0.25, -0.2) is 0 Å². The molecule has 0 radical (unpaired) electrons. The van der Waals surface area contributed by atoms with Gasteiger partial charge in [0.15, 0.2) is 11.5 Å². The Morgan fingerprint density at radius 2 is 1.83 bits per heavy atom. The summed E-state index contributed by atoms with van der Waals surface area (Å²) in [5.41, 5.74) is 3.09. The van der Waals surface area contributed by atoms with E-state index in [0.29, 0.717) is 31.2 Å². The number of piperidine rings is 1. The van der Waals surface area contributed by atoms with Crippen LogP contribution in [0.5, 0.6) is 17.2 Å². The van der Waals surface area contributed by atoms with Crippen LogP contribution in [-0.4, -0.2) is 54.7 Å². The fourth-order valence-electron chi connectivity index (χ4n) is 4.57. The standard InChI is InChI=1S/C28H34N4O4/c1-20-4-6-25(15-30-20)36-19-23-12-24(18-32(17-23)16-21-8-10-29-11-9-21)28(33)31-14-22-5-7-26(34-2)27(13-22)35-3/h4-11,13,15,23-24H,12,14,16-19H2,1-3H3,(H,31,33)/t23-,24+/m0/s1. The van der Waals surface area contributed by atoms with E-state index in [1.807, 2.05) is 49.4 Å². The van der Waals surface area contributed by atoms with Crippen molar-refractivity contribution in [2.24, 2.45) is 11.8 Å².